The normalized spacial score (nSPS) is 20.8. The number of primary amides is 1. The SMILES string of the molecule is C[N+]1(Cc2ccc(F)cc2)CCC[C@H](N(C(=O)Nc2ccc(OC(=O)C3CCCCC3)cc2)[C@@H](Cc2ccc(O)cc2)C(N)=O)C1. The van der Waals surface area contributed by atoms with Gasteiger partial charge in [0, 0.05) is 17.7 Å². The lowest BCUT2D eigenvalue weighted by atomic mass is 9.89. The Morgan fingerprint density at radius 1 is 0.935 bits per heavy atom. The number of anilines is 1. The van der Waals surface area contributed by atoms with E-state index in [4.69, 9.17) is 10.5 Å². The molecular formula is C36H44FN4O5+. The zero-order chi connectivity index (χ0) is 32.7. The molecule has 1 heterocycles. The number of nitrogens with one attached hydrogen (secondary N) is 1. The van der Waals surface area contributed by atoms with Gasteiger partial charge in [0.25, 0.3) is 0 Å². The molecule has 3 amide bonds. The largest absolute Gasteiger partial charge is 0.508 e. The van der Waals surface area contributed by atoms with Crippen LogP contribution in [0.5, 0.6) is 11.5 Å². The van der Waals surface area contributed by atoms with Gasteiger partial charge >= 0.3 is 12.0 Å². The number of hydrogen-bond acceptors (Lipinski definition) is 5. The third kappa shape index (κ3) is 8.63. The van der Waals surface area contributed by atoms with E-state index >= 15 is 0 Å². The highest BCUT2D eigenvalue weighted by molar-refractivity contribution is 5.94. The van der Waals surface area contributed by atoms with Crippen molar-refractivity contribution < 1.29 is 33.1 Å². The molecule has 0 spiro atoms. The molecule has 3 aromatic carbocycles. The topological polar surface area (TPSA) is 122 Å². The zero-order valence-corrected chi connectivity index (χ0v) is 26.4. The summed E-state index contributed by atoms with van der Waals surface area (Å²) in [6, 6.07) is 17.9. The number of phenols is 1. The number of nitrogens with two attached hydrogens (primary N) is 1. The van der Waals surface area contributed by atoms with Crippen LogP contribution in [0.4, 0.5) is 14.9 Å². The van der Waals surface area contributed by atoms with Gasteiger partial charge in [0.15, 0.2) is 0 Å². The van der Waals surface area contributed by atoms with E-state index in [-0.39, 0.29) is 35.9 Å². The van der Waals surface area contributed by atoms with E-state index in [0.717, 1.165) is 56.2 Å². The fourth-order valence-corrected chi connectivity index (χ4v) is 6.89. The Morgan fingerprint density at radius 2 is 1.59 bits per heavy atom. The highest BCUT2D eigenvalue weighted by Gasteiger charge is 2.41. The number of rotatable bonds is 10. The molecule has 9 nitrogen and oxygen atoms in total. The molecule has 1 saturated heterocycles. The Morgan fingerprint density at radius 3 is 2.24 bits per heavy atom. The number of urea groups is 1. The highest BCUT2D eigenvalue weighted by atomic mass is 19.1. The van der Waals surface area contributed by atoms with Crippen molar-refractivity contribution in [2.24, 2.45) is 11.7 Å². The summed E-state index contributed by atoms with van der Waals surface area (Å²) < 4.78 is 19.8. The lowest BCUT2D eigenvalue weighted by Gasteiger charge is -2.46. The molecule has 1 saturated carbocycles. The maximum Gasteiger partial charge on any atom is 0.323 e. The average molecular weight is 632 g/mol. The Bertz CT molecular complexity index is 1490. The molecule has 1 unspecified atom stereocenters. The second-order valence-electron chi connectivity index (χ2n) is 13.0. The number of ether oxygens (including phenoxy) is 1. The predicted octanol–water partition coefficient (Wildman–Crippen LogP) is 5.76. The van der Waals surface area contributed by atoms with Crippen molar-refractivity contribution in [3.63, 3.8) is 0 Å². The smallest absolute Gasteiger partial charge is 0.323 e. The molecule has 1 aliphatic carbocycles. The summed E-state index contributed by atoms with van der Waals surface area (Å²) in [5, 5.41) is 12.7. The minimum absolute atomic E-state index is 0.0800. The molecule has 0 radical (unpaired) electrons. The molecule has 0 bridgehead atoms. The third-order valence-electron chi connectivity index (χ3n) is 9.28. The van der Waals surface area contributed by atoms with Crippen LogP contribution in [0, 0.1) is 11.7 Å². The van der Waals surface area contributed by atoms with Crippen molar-refractivity contribution in [1.82, 2.24) is 4.90 Å². The van der Waals surface area contributed by atoms with Crippen LogP contribution >= 0.6 is 0 Å². The van der Waals surface area contributed by atoms with Gasteiger partial charge in [-0.1, -0.05) is 43.5 Å². The summed E-state index contributed by atoms with van der Waals surface area (Å²) in [7, 11) is 2.11. The summed E-state index contributed by atoms with van der Waals surface area (Å²) in [5.41, 5.74) is 8.21. The second-order valence-corrected chi connectivity index (χ2v) is 13.0. The van der Waals surface area contributed by atoms with Crippen LogP contribution in [0.1, 0.15) is 56.1 Å². The van der Waals surface area contributed by atoms with E-state index in [0.29, 0.717) is 35.4 Å². The van der Waals surface area contributed by atoms with Gasteiger partial charge < -0.3 is 30.3 Å². The van der Waals surface area contributed by atoms with Gasteiger partial charge in [-0.3, -0.25) is 9.59 Å². The first-order valence-corrected chi connectivity index (χ1v) is 16.1. The number of carbonyl (C=O) groups is 3. The van der Waals surface area contributed by atoms with Crippen molar-refractivity contribution in [2.75, 3.05) is 25.5 Å². The first-order valence-electron chi connectivity index (χ1n) is 16.1. The molecule has 1 aliphatic heterocycles. The fourth-order valence-electron chi connectivity index (χ4n) is 6.89. The van der Waals surface area contributed by atoms with Crippen LogP contribution in [0.3, 0.4) is 0 Å². The molecule has 10 heteroatoms. The molecule has 46 heavy (non-hydrogen) atoms. The van der Waals surface area contributed by atoms with E-state index in [1.165, 1.54) is 24.3 Å². The lowest BCUT2D eigenvalue weighted by molar-refractivity contribution is -0.928. The van der Waals surface area contributed by atoms with Gasteiger partial charge in [-0.2, -0.15) is 0 Å². The number of esters is 1. The maximum atomic E-state index is 14.1. The van der Waals surface area contributed by atoms with Crippen LogP contribution in [-0.2, 0) is 22.6 Å². The number of amides is 3. The van der Waals surface area contributed by atoms with Gasteiger partial charge in [0.1, 0.15) is 29.9 Å². The Balaban J connectivity index is 1.36. The summed E-state index contributed by atoms with van der Waals surface area (Å²) in [6.07, 6.45) is 6.58. The lowest BCUT2D eigenvalue weighted by Crippen LogP contribution is -2.62. The zero-order valence-electron chi connectivity index (χ0n) is 26.4. The highest BCUT2D eigenvalue weighted by Crippen LogP contribution is 2.29. The average Bonchev–Trinajstić information content (AvgIpc) is 3.04. The van der Waals surface area contributed by atoms with Gasteiger partial charge in [0.05, 0.1) is 32.1 Å². The molecule has 244 valence electrons. The van der Waals surface area contributed by atoms with Crippen LogP contribution < -0.4 is 15.8 Å². The summed E-state index contributed by atoms with van der Waals surface area (Å²) in [6.45, 7) is 2.08. The Kier molecular flexibility index (Phi) is 10.6. The van der Waals surface area contributed by atoms with Crippen molar-refractivity contribution in [1.29, 1.82) is 0 Å². The van der Waals surface area contributed by atoms with E-state index in [1.807, 2.05) is 0 Å². The first-order chi connectivity index (χ1) is 22.1. The number of benzene rings is 3. The van der Waals surface area contributed by atoms with Gasteiger partial charge in [-0.05, 0) is 79.8 Å². The van der Waals surface area contributed by atoms with Crippen LogP contribution in [0.2, 0.25) is 0 Å². The number of aromatic hydroxyl groups is 1. The molecule has 2 aliphatic rings. The van der Waals surface area contributed by atoms with E-state index in [9.17, 15) is 23.9 Å². The monoisotopic (exact) mass is 631 g/mol. The minimum atomic E-state index is -0.956. The fraction of sp³-hybridized carbons (Fsp3) is 0.417. The number of hydrogen-bond donors (Lipinski definition) is 3. The van der Waals surface area contributed by atoms with Gasteiger partial charge in [-0.15, -0.1) is 0 Å². The van der Waals surface area contributed by atoms with Crippen molar-refractivity contribution in [3.8, 4) is 11.5 Å². The van der Waals surface area contributed by atoms with Crippen LogP contribution in [-0.4, -0.2) is 64.6 Å². The van der Waals surface area contributed by atoms with E-state index in [2.05, 4.69) is 12.4 Å². The quantitative estimate of drug-likeness (QED) is 0.149. The molecule has 2 fully saturated rings. The van der Waals surface area contributed by atoms with Crippen molar-refractivity contribution in [2.45, 2.75) is 70.0 Å². The number of phenolic OH excluding ortho intramolecular Hbond substituents is 1. The summed E-state index contributed by atoms with van der Waals surface area (Å²) in [5.74, 6) is -0.716. The number of nitrogens with zero attached hydrogens (tertiary/aromatic N) is 2. The number of piperidine rings is 1. The van der Waals surface area contributed by atoms with Crippen LogP contribution in [0.25, 0.3) is 0 Å². The van der Waals surface area contributed by atoms with E-state index < -0.39 is 18.0 Å². The molecule has 3 aromatic rings. The molecule has 0 aromatic heterocycles. The standard InChI is InChI=1S/C36H43FN4O5/c1-41(23-26-9-13-28(37)14-10-26)21-5-8-30(24-41)40(33(34(38)43)22-25-11-17-31(42)18-12-25)36(45)39-29-15-19-32(20-16-29)46-35(44)27-6-3-2-4-7-27/h9-20,27,30,33H,2-8,21-24H2,1H3,(H3-,38,39,42,43,45)/p+1/t30-,33-,41?/m0/s1. The number of likely N-dealkylation sites (tertiary alicyclic amines) is 1. The second kappa shape index (κ2) is 14.8. The first kappa shape index (κ1) is 32.9. The predicted molar refractivity (Wildman–Crippen MR) is 173 cm³/mol. The number of likely N-dealkylation sites (N-methyl/N-ethyl adjacent to an activating group) is 1. The number of halogens is 1. The van der Waals surface area contributed by atoms with Gasteiger partial charge in [0.2, 0.25) is 5.91 Å². The third-order valence-corrected chi connectivity index (χ3v) is 9.28. The summed E-state index contributed by atoms with van der Waals surface area (Å²) >= 11 is 0. The van der Waals surface area contributed by atoms with Crippen molar-refractivity contribution >= 4 is 23.6 Å². The molecule has 5 rings (SSSR count). The Labute approximate surface area is 269 Å². The van der Waals surface area contributed by atoms with Crippen LogP contribution in [0.15, 0.2) is 72.8 Å². The maximum absolute atomic E-state index is 14.1. The minimum Gasteiger partial charge on any atom is -0.508 e. The molecule has 4 N–H and O–H groups in total. The number of quaternary nitrogens is 1. The number of carbonyl (C=O) groups excluding carboxylic acids is 3. The molecule has 3 atom stereocenters. The van der Waals surface area contributed by atoms with Crippen molar-refractivity contribution in [3.05, 3.63) is 89.7 Å². The van der Waals surface area contributed by atoms with Gasteiger partial charge in [-0.25, -0.2) is 9.18 Å². The Hall–Kier alpha value is -4.44. The summed E-state index contributed by atoms with van der Waals surface area (Å²) in [4.78, 5) is 41.3. The molecular weight excluding hydrogens is 587 g/mol. The van der Waals surface area contributed by atoms with E-state index in [1.54, 1.807) is 53.4 Å².